The molecule has 4 nitrogen and oxygen atoms in total. The van der Waals surface area contributed by atoms with Crippen LogP contribution in [0.4, 0.5) is 10.5 Å². The number of carbonyl (C=O) groups excluding carboxylic acids is 1. The number of nitrogens with zero attached hydrogens (tertiary/aromatic N) is 1. The Kier molecular flexibility index (Phi) is 5.53. The number of amides is 2. The van der Waals surface area contributed by atoms with Crippen LogP contribution in [0, 0.1) is 0 Å². The molecule has 0 spiro atoms. The van der Waals surface area contributed by atoms with E-state index in [4.69, 9.17) is 4.74 Å². The molecule has 1 aliphatic heterocycles. The van der Waals surface area contributed by atoms with Crippen molar-refractivity contribution in [1.82, 2.24) is 4.90 Å². The lowest BCUT2D eigenvalue weighted by atomic mass is 10.0. The minimum Gasteiger partial charge on any atom is -0.497 e. The number of urea groups is 1. The monoisotopic (exact) mass is 356 g/mol. The largest absolute Gasteiger partial charge is 0.497 e. The number of methoxy groups -OCH3 is 1. The Bertz CT molecular complexity index is 713. The number of benzene rings is 2. The summed E-state index contributed by atoms with van der Waals surface area (Å²) in [6, 6.07) is 16.0. The minimum atomic E-state index is -0.0619. The highest BCUT2D eigenvalue weighted by atomic mass is 32.2. The Morgan fingerprint density at radius 2 is 1.84 bits per heavy atom. The summed E-state index contributed by atoms with van der Waals surface area (Å²) in [7, 11) is 1.63. The molecule has 2 aromatic rings. The normalized spacial score (nSPS) is 17.0. The summed E-state index contributed by atoms with van der Waals surface area (Å²) >= 11 is 1.81. The Hall–Kier alpha value is -2.14. The molecule has 0 bridgehead atoms. The van der Waals surface area contributed by atoms with Gasteiger partial charge in [-0.15, -0.1) is 11.8 Å². The molecule has 0 unspecified atom stereocenters. The SMILES string of the molecule is COc1ccc(NC(=O)N2CCS[C@H]2c2ccc(C(C)C)cc2)cc1. The van der Waals surface area contributed by atoms with Crippen LogP contribution in [0.5, 0.6) is 5.75 Å². The van der Waals surface area contributed by atoms with E-state index in [0.717, 1.165) is 23.7 Å². The van der Waals surface area contributed by atoms with Crippen molar-refractivity contribution in [3.05, 3.63) is 59.7 Å². The van der Waals surface area contributed by atoms with Crippen molar-refractivity contribution in [2.45, 2.75) is 25.1 Å². The smallest absolute Gasteiger partial charge is 0.323 e. The zero-order chi connectivity index (χ0) is 17.8. The lowest BCUT2D eigenvalue weighted by Crippen LogP contribution is -2.34. The van der Waals surface area contributed by atoms with Crippen molar-refractivity contribution in [3.8, 4) is 5.75 Å². The van der Waals surface area contributed by atoms with Gasteiger partial charge in [-0.2, -0.15) is 0 Å². The first-order valence-electron chi connectivity index (χ1n) is 8.51. The summed E-state index contributed by atoms with van der Waals surface area (Å²) in [4.78, 5) is 14.6. The maximum Gasteiger partial charge on any atom is 0.323 e. The number of anilines is 1. The van der Waals surface area contributed by atoms with E-state index in [1.807, 2.05) is 40.9 Å². The van der Waals surface area contributed by atoms with Crippen molar-refractivity contribution in [1.29, 1.82) is 0 Å². The van der Waals surface area contributed by atoms with Crippen LogP contribution in [0.1, 0.15) is 36.3 Å². The van der Waals surface area contributed by atoms with Gasteiger partial charge in [0.25, 0.3) is 0 Å². The third kappa shape index (κ3) is 4.10. The molecule has 5 heteroatoms. The van der Waals surface area contributed by atoms with E-state index in [0.29, 0.717) is 5.92 Å². The van der Waals surface area contributed by atoms with E-state index in [2.05, 4.69) is 43.4 Å². The maximum atomic E-state index is 12.7. The highest BCUT2D eigenvalue weighted by Gasteiger charge is 2.30. The van der Waals surface area contributed by atoms with Gasteiger partial charge < -0.3 is 15.0 Å². The van der Waals surface area contributed by atoms with Crippen LogP contribution in [0.15, 0.2) is 48.5 Å². The predicted octanol–water partition coefficient (Wildman–Crippen LogP) is 5.10. The summed E-state index contributed by atoms with van der Waals surface area (Å²) in [5, 5.41) is 3.05. The molecule has 2 amide bonds. The second kappa shape index (κ2) is 7.83. The lowest BCUT2D eigenvalue weighted by Gasteiger charge is -2.24. The van der Waals surface area contributed by atoms with Gasteiger partial charge in [0, 0.05) is 18.0 Å². The molecule has 1 fully saturated rings. The first kappa shape index (κ1) is 17.7. The Morgan fingerprint density at radius 3 is 2.44 bits per heavy atom. The summed E-state index contributed by atoms with van der Waals surface area (Å²) in [6.45, 7) is 5.13. The molecule has 0 aromatic heterocycles. The standard InChI is InChI=1S/C20H24N2O2S/c1-14(2)15-4-6-16(7-5-15)19-22(12-13-25-19)20(23)21-17-8-10-18(24-3)11-9-17/h4-11,14,19H,12-13H2,1-3H3,(H,21,23)/t19-/m0/s1. The average molecular weight is 356 g/mol. The molecule has 25 heavy (non-hydrogen) atoms. The summed E-state index contributed by atoms with van der Waals surface area (Å²) < 4.78 is 5.15. The van der Waals surface area contributed by atoms with Gasteiger partial charge in [-0.1, -0.05) is 38.1 Å². The van der Waals surface area contributed by atoms with Crippen LogP contribution in [0.3, 0.4) is 0 Å². The molecule has 1 heterocycles. The maximum absolute atomic E-state index is 12.7. The Labute approximate surface area is 153 Å². The zero-order valence-corrected chi connectivity index (χ0v) is 15.7. The van der Waals surface area contributed by atoms with E-state index in [1.54, 1.807) is 7.11 Å². The number of hydrogen-bond acceptors (Lipinski definition) is 3. The molecule has 132 valence electrons. The molecule has 3 rings (SSSR count). The highest BCUT2D eigenvalue weighted by molar-refractivity contribution is 7.99. The van der Waals surface area contributed by atoms with Crippen LogP contribution < -0.4 is 10.1 Å². The van der Waals surface area contributed by atoms with Crippen LogP contribution in [0.2, 0.25) is 0 Å². The van der Waals surface area contributed by atoms with E-state index in [-0.39, 0.29) is 11.4 Å². The van der Waals surface area contributed by atoms with E-state index in [9.17, 15) is 4.79 Å². The van der Waals surface area contributed by atoms with Crippen molar-refractivity contribution >= 4 is 23.5 Å². The number of thioether (sulfide) groups is 1. The first-order valence-corrected chi connectivity index (χ1v) is 9.56. The number of nitrogens with one attached hydrogen (secondary N) is 1. The Morgan fingerprint density at radius 1 is 1.16 bits per heavy atom. The zero-order valence-electron chi connectivity index (χ0n) is 14.9. The van der Waals surface area contributed by atoms with Crippen molar-refractivity contribution < 1.29 is 9.53 Å². The first-order chi connectivity index (χ1) is 12.1. The second-order valence-electron chi connectivity index (χ2n) is 6.40. The molecular formula is C20H24N2O2S. The van der Waals surface area contributed by atoms with Crippen molar-refractivity contribution in [2.75, 3.05) is 24.7 Å². The molecule has 0 radical (unpaired) electrons. The van der Waals surface area contributed by atoms with Crippen LogP contribution >= 0.6 is 11.8 Å². The molecule has 1 N–H and O–H groups in total. The molecule has 1 saturated heterocycles. The fourth-order valence-electron chi connectivity index (χ4n) is 2.87. The van der Waals surface area contributed by atoms with Gasteiger partial charge >= 0.3 is 6.03 Å². The summed E-state index contributed by atoms with van der Waals surface area (Å²) in [6.07, 6.45) is 0. The quantitative estimate of drug-likeness (QED) is 0.829. The van der Waals surface area contributed by atoms with Gasteiger partial charge in [0.1, 0.15) is 11.1 Å². The van der Waals surface area contributed by atoms with E-state index >= 15 is 0 Å². The fraction of sp³-hybridized carbons (Fsp3) is 0.350. The van der Waals surface area contributed by atoms with E-state index < -0.39 is 0 Å². The molecule has 1 aliphatic rings. The highest BCUT2D eigenvalue weighted by Crippen LogP contribution is 2.38. The molecule has 0 aliphatic carbocycles. The van der Waals surface area contributed by atoms with Gasteiger partial charge in [0.15, 0.2) is 0 Å². The summed E-state index contributed by atoms with van der Waals surface area (Å²) in [5.74, 6) is 2.24. The molecular weight excluding hydrogens is 332 g/mol. The molecule has 0 saturated carbocycles. The predicted molar refractivity (Wildman–Crippen MR) is 104 cm³/mol. The van der Waals surface area contributed by atoms with Gasteiger partial charge in [-0.3, -0.25) is 0 Å². The summed E-state index contributed by atoms with van der Waals surface area (Å²) in [5.41, 5.74) is 3.27. The number of ether oxygens (including phenoxy) is 1. The van der Waals surface area contributed by atoms with Crippen LogP contribution in [-0.2, 0) is 0 Å². The molecule has 2 aromatic carbocycles. The molecule has 1 atom stereocenters. The lowest BCUT2D eigenvalue weighted by molar-refractivity contribution is 0.214. The van der Waals surface area contributed by atoms with Crippen LogP contribution in [-0.4, -0.2) is 30.3 Å². The fourth-order valence-corrected chi connectivity index (χ4v) is 4.13. The Balaban J connectivity index is 1.70. The van der Waals surface area contributed by atoms with Crippen LogP contribution in [0.25, 0.3) is 0 Å². The second-order valence-corrected chi connectivity index (χ2v) is 7.58. The van der Waals surface area contributed by atoms with Gasteiger partial charge in [0.2, 0.25) is 0 Å². The number of rotatable bonds is 4. The van der Waals surface area contributed by atoms with Gasteiger partial charge in [0.05, 0.1) is 7.11 Å². The van der Waals surface area contributed by atoms with Gasteiger partial charge in [-0.05, 0) is 41.3 Å². The third-order valence-electron chi connectivity index (χ3n) is 4.38. The van der Waals surface area contributed by atoms with E-state index in [1.165, 1.54) is 11.1 Å². The number of hydrogen-bond donors (Lipinski definition) is 1. The van der Waals surface area contributed by atoms with Crippen molar-refractivity contribution in [3.63, 3.8) is 0 Å². The minimum absolute atomic E-state index is 0.0619. The number of carbonyl (C=O) groups is 1. The average Bonchev–Trinajstić information content (AvgIpc) is 3.12. The van der Waals surface area contributed by atoms with Crippen molar-refractivity contribution in [2.24, 2.45) is 0 Å². The van der Waals surface area contributed by atoms with Gasteiger partial charge in [-0.25, -0.2) is 4.79 Å². The third-order valence-corrected chi connectivity index (χ3v) is 5.64. The topological polar surface area (TPSA) is 41.6 Å².